The molecule has 2 aromatic carbocycles. The highest BCUT2D eigenvalue weighted by molar-refractivity contribution is 9.10. The molecule has 0 saturated carbocycles. The largest absolute Gasteiger partial charge is 0.415 e. The average Bonchev–Trinajstić information content (AvgIpc) is 3.03. The second-order valence-corrected chi connectivity index (χ2v) is 42.7. The molecule has 0 aliphatic carbocycles. The maximum atomic E-state index is 9.45. The zero-order valence-corrected chi connectivity index (χ0v) is 45.2. The Morgan fingerprint density at radius 1 is 0.667 bits per heavy atom. The van der Waals surface area contributed by atoms with Gasteiger partial charge in [-0.25, -0.2) is 0 Å². The third-order valence-corrected chi connectivity index (χ3v) is 32.4. The van der Waals surface area contributed by atoms with Gasteiger partial charge in [-0.15, -0.1) is 0 Å². The molecule has 0 amide bonds. The Hall–Kier alpha value is -1.12. The Labute approximate surface area is 362 Å². The molecule has 0 radical (unpaired) electrons. The normalized spacial score (nSPS) is 21.1. The quantitative estimate of drug-likeness (QED) is 0.189. The van der Waals surface area contributed by atoms with E-state index in [1.807, 2.05) is 18.2 Å². The van der Waals surface area contributed by atoms with Crippen LogP contribution in [-0.4, -0.2) is 75.7 Å². The van der Waals surface area contributed by atoms with Gasteiger partial charge in [0, 0.05) is 29.8 Å². The molecule has 322 valence electrons. The van der Waals surface area contributed by atoms with Crippen LogP contribution in [0.1, 0.15) is 99.8 Å². The molecular weight excluding hydrogens is 839 g/mol. The molecule has 57 heavy (non-hydrogen) atoms. The molecule has 1 heterocycles. The summed E-state index contributed by atoms with van der Waals surface area (Å²) in [5, 5.41) is 13.1. The van der Waals surface area contributed by atoms with E-state index in [9.17, 15) is 5.26 Å². The Morgan fingerprint density at radius 2 is 1.12 bits per heavy atom. The van der Waals surface area contributed by atoms with Gasteiger partial charge in [-0.2, -0.15) is 5.26 Å². The van der Waals surface area contributed by atoms with Crippen molar-refractivity contribution in [1.29, 1.82) is 5.26 Å². The van der Waals surface area contributed by atoms with E-state index in [1.165, 1.54) is 11.1 Å². The maximum Gasteiger partial charge on any atom is 0.192 e. The van der Waals surface area contributed by atoms with E-state index in [0.717, 1.165) is 23.2 Å². The molecule has 1 saturated heterocycles. The maximum absolute atomic E-state index is 9.45. The van der Waals surface area contributed by atoms with E-state index in [1.54, 1.807) is 0 Å². The summed E-state index contributed by atoms with van der Waals surface area (Å²) in [5.74, 6) is 0. The third kappa shape index (κ3) is 12.9. The lowest BCUT2D eigenvalue weighted by atomic mass is 9.93. The highest BCUT2D eigenvalue weighted by Crippen LogP contribution is 2.46. The molecule has 0 spiro atoms. The topological polar surface area (TPSA) is 76.0 Å². The molecule has 3 unspecified atom stereocenters. The SMILES string of the molecule is CC(C)(C)[Si](C)(C)OC[C@@H]1C(O[Si](C)(C)C(C)(C)C)C(O[Si](C)(C)C(C)(C)C)C(O[Si](C)(C)C(C)(C)C)CN1Cc1ccc(CNc2cc(Br)cc(C#N)c2)cc1. The number of nitrogens with one attached hydrogen (secondary N) is 1. The van der Waals surface area contributed by atoms with Crippen LogP contribution in [0.2, 0.25) is 72.5 Å². The monoisotopic (exact) mass is 917 g/mol. The standard InChI is InChI=1S/C45H80BrN3O4Si4/c1-42(2,3)54(13,14)50-32-38-40(52-56(17,18)44(7,8)9)41(53-57(19,20)45(10,11)12)39(51-55(15,16)43(4,5)6)31-49(38)30-34-23-21-33(22-24-34)29-48-37-26-35(28-47)25-36(46)27-37/h21-27,38-41,48H,29-32H2,1-20H3/t38-,39?,40?,41?/m1/s1. The van der Waals surface area contributed by atoms with Crippen molar-refractivity contribution < 1.29 is 17.7 Å². The van der Waals surface area contributed by atoms with Crippen molar-refractivity contribution in [3.63, 3.8) is 0 Å². The first-order chi connectivity index (χ1) is 25.6. The van der Waals surface area contributed by atoms with Gasteiger partial charge in [-0.05, 0) is 102 Å². The number of halogens is 1. The fraction of sp³-hybridized carbons (Fsp3) is 0.711. The number of rotatable bonds is 14. The van der Waals surface area contributed by atoms with Crippen molar-refractivity contribution in [2.75, 3.05) is 18.5 Å². The molecule has 4 atom stereocenters. The Kier molecular flexibility index (Phi) is 15.9. The lowest BCUT2D eigenvalue weighted by molar-refractivity contribution is -0.130. The Bertz CT molecular complexity index is 1680. The predicted octanol–water partition coefficient (Wildman–Crippen LogP) is 13.3. The summed E-state index contributed by atoms with van der Waals surface area (Å²) in [7, 11) is -8.97. The molecule has 1 aliphatic rings. The second kappa shape index (κ2) is 18.1. The number of benzene rings is 2. The van der Waals surface area contributed by atoms with Crippen LogP contribution < -0.4 is 5.32 Å². The van der Waals surface area contributed by atoms with Crippen LogP contribution in [0, 0.1) is 11.3 Å². The van der Waals surface area contributed by atoms with Crippen molar-refractivity contribution in [3.05, 3.63) is 63.6 Å². The van der Waals surface area contributed by atoms with Crippen LogP contribution in [-0.2, 0) is 30.8 Å². The number of piperidine rings is 1. The van der Waals surface area contributed by atoms with Crippen molar-refractivity contribution >= 4 is 54.9 Å². The molecule has 1 aliphatic heterocycles. The molecule has 0 aromatic heterocycles. The Balaban J connectivity index is 2.17. The summed E-state index contributed by atoms with van der Waals surface area (Å²) in [4.78, 5) is 2.62. The van der Waals surface area contributed by atoms with Gasteiger partial charge in [0.25, 0.3) is 0 Å². The summed E-state index contributed by atoms with van der Waals surface area (Å²) in [6.07, 6.45) is -0.627. The van der Waals surface area contributed by atoms with Gasteiger partial charge in [0.2, 0.25) is 0 Å². The van der Waals surface area contributed by atoms with Crippen molar-refractivity contribution in [3.8, 4) is 6.07 Å². The Morgan fingerprint density at radius 3 is 1.60 bits per heavy atom. The van der Waals surface area contributed by atoms with Crippen LogP contribution in [0.4, 0.5) is 5.69 Å². The molecule has 2 aromatic rings. The number of hydrogen-bond donors (Lipinski definition) is 1. The number of hydrogen-bond acceptors (Lipinski definition) is 7. The van der Waals surface area contributed by atoms with E-state index >= 15 is 0 Å². The van der Waals surface area contributed by atoms with Crippen LogP contribution in [0.25, 0.3) is 0 Å². The minimum absolute atomic E-state index is 0.00724. The fourth-order valence-electron chi connectivity index (χ4n) is 5.94. The van der Waals surface area contributed by atoms with Crippen molar-refractivity contribution in [2.45, 2.75) is 193 Å². The highest BCUT2D eigenvalue weighted by atomic mass is 79.9. The fourth-order valence-corrected chi connectivity index (χ4v) is 11.4. The lowest BCUT2D eigenvalue weighted by Crippen LogP contribution is -2.70. The molecule has 12 heteroatoms. The van der Waals surface area contributed by atoms with Crippen LogP contribution in [0.3, 0.4) is 0 Å². The van der Waals surface area contributed by atoms with Gasteiger partial charge in [0.05, 0.1) is 42.6 Å². The van der Waals surface area contributed by atoms with E-state index in [-0.39, 0.29) is 44.5 Å². The number of anilines is 1. The average molecular weight is 919 g/mol. The van der Waals surface area contributed by atoms with Gasteiger partial charge in [-0.1, -0.05) is 123 Å². The number of nitrogens with zero attached hydrogens (tertiary/aromatic N) is 2. The smallest absolute Gasteiger partial charge is 0.192 e. The van der Waals surface area contributed by atoms with E-state index < -0.39 is 33.3 Å². The minimum Gasteiger partial charge on any atom is -0.415 e. The van der Waals surface area contributed by atoms with Gasteiger partial charge < -0.3 is 23.0 Å². The molecule has 1 N–H and O–H groups in total. The first-order valence-corrected chi connectivity index (χ1v) is 33.5. The second-order valence-electron chi connectivity index (χ2n) is 22.7. The molecule has 0 bridgehead atoms. The molecule has 7 nitrogen and oxygen atoms in total. The van der Waals surface area contributed by atoms with Crippen molar-refractivity contribution in [1.82, 2.24) is 4.90 Å². The lowest BCUT2D eigenvalue weighted by Gasteiger charge is -2.56. The predicted molar refractivity (Wildman–Crippen MR) is 256 cm³/mol. The first-order valence-electron chi connectivity index (χ1n) is 21.0. The van der Waals surface area contributed by atoms with Crippen LogP contribution in [0.15, 0.2) is 46.9 Å². The van der Waals surface area contributed by atoms with Gasteiger partial charge in [-0.3, -0.25) is 4.90 Å². The molecular formula is C45H80BrN3O4Si4. The summed E-state index contributed by atoms with van der Waals surface area (Å²) in [5.41, 5.74) is 3.96. The number of likely N-dealkylation sites (tertiary alicyclic amines) is 1. The highest BCUT2D eigenvalue weighted by Gasteiger charge is 2.55. The van der Waals surface area contributed by atoms with E-state index in [0.29, 0.717) is 18.7 Å². The van der Waals surface area contributed by atoms with Gasteiger partial charge >= 0.3 is 0 Å². The first kappa shape index (κ1) is 50.2. The summed E-state index contributed by atoms with van der Waals surface area (Å²) in [6.45, 7) is 49.7. The van der Waals surface area contributed by atoms with Crippen LogP contribution in [0.5, 0.6) is 0 Å². The third-order valence-electron chi connectivity index (χ3n) is 14.0. The van der Waals surface area contributed by atoms with Gasteiger partial charge in [0.15, 0.2) is 33.3 Å². The molecule has 1 fully saturated rings. The van der Waals surface area contributed by atoms with Gasteiger partial charge in [0.1, 0.15) is 0 Å². The van der Waals surface area contributed by atoms with E-state index in [2.05, 4.69) is 192 Å². The van der Waals surface area contributed by atoms with E-state index in [4.69, 9.17) is 17.7 Å². The zero-order valence-electron chi connectivity index (χ0n) is 39.6. The summed E-state index contributed by atoms with van der Waals surface area (Å²) >= 11 is 3.54. The zero-order chi connectivity index (χ0) is 43.8. The van der Waals surface area contributed by atoms with Crippen molar-refractivity contribution in [2.24, 2.45) is 0 Å². The summed E-state index contributed by atoms with van der Waals surface area (Å²) in [6, 6.07) is 16.9. The number of nitriles is 1. The van der Waals surface area contributed by atoms with Crippen LogP contribution >= 0.6 is 15.9 Å². The molecule has 3 rings (SSSR count). The summed E-state index contributed by atoms with van der Waals surface area (Å²) < 4.78 is 31.0. The minimum atomic E-state index is -2.32.